The Hall–Kier alpha value is -2.97. The average molecular weight is 359 g/mol. The lowest BCUT2D eigenvalue weighted by atomic mass is 10.1. The number of aliphatic hydroxyl groups is 2. The van der Waals surface area contributed by atoms with Gasteiger partial charge in [-0.25, -0.2) is 0 Å². The van der Waals surface area contributed by atoms with Crippen LogP contribution in [0.5, 0.6) is 5.75 Å². The van der Waals surface area contributed by atoms with Crippen molar-refractivity contribution in [1.29, 1.82) is 0 Å². The summed E-state index contributed by atoms with van der Waals surface area (Å²) < 4.78 is 0. The minimum Gasteiger partial charge on any atom is -0.394 e. The average Bonchev–Trinajstić information content (AvgIpc) is 2.64. The monoisotopic (exact) mass is 359 g/mol. The van der Waals surface area contributed by atoms with Gasteiger partial charge < -0.3 is 20.4 Å². The number of aryl methyl sites for hydroxylation is 1. The molecule has 0 amide bonds. The van der Waals surface area contributed by atoms with Crippen molar-refractivity contribution in [2.75, 3.05) is 18.5 Å². The lowest BCUT2D eigenvalue weighted by molar-refractivity contribution is -0.384. The number of benzene rings is 2. The summed E-state index contributed by atoms with van der Waals surface area (Å²) in [5.41, 5.74) is 2.84. The van der Waals surface area contributed by atoms with Gasteiger partial charge in [-0.3, -0.25) is 10.1 Å². The smallest absolute Gasteiger partial charge is 0.275 e. The molecule has 1 atom stereocenters. The molecule has 2 rings (SSSR count). The van der Waals surface area contributed by atoms with Crippen LogP contribution in [0.4, 0.5) is 11.4 Å². The number of hydrogen-bond donors (Lipinski definition) is 3. The van der Waals surface area contributed by atoms with Crippen LogP contribution in [0.1, 0.15) is 18.1 Å². The summed E-state index contributed by atoms with van der Waals surface area (Å²) in [6.07, 6.45) is -0.972. The molecular weight excluding hydrogens is 338 g/mol. The molecule has 8 nitrogen and oxygen atoms in total. The van der Waals surface area contributed by atoms with Crippen molar-refractivity contribution in [3.63, 3.8) is 0 Å². The maximum absolute atomic E-state index is 11.1. The van der Waals surface area contributed by atoms with Gasteiger partial charge in [0.25, 0.3) is 5.69 Å². The van der Waals surface area contributed by atoms with Gasteiger partial charge in [0, 0.05) is 24.4 Å². The van der Waals surface area contributed by atoms with E-state index in [4.69, 9.17) is 9.94 Å². The Morgan fingerprint density at radius 3 is 2.62 bits per heavy atom. The zero-order valence-corrected chi connectivity index (χ0v) is 14.5. The van der Waals surface area contributed by atoms with Crippen molar-refractivity contribution in [2.24, 2.45) is 5.16 Å². The number of hydrogen-bond acceptors (Lipinski definition) is 7. The number of nitro groups is 1. The lowest BCUT2D eigenvalue weighted by Gasteiger charge is -2.11. The summed E-state index contributed by atoms with van der Waals surface area (Å²) in [6, 6.07) is 11.8. The van der Waals surface area contributed by atoms with E-state index in [-0.39, 0.29) is 18.0 Å². The molecule has 3 N–H and O–H groups in total. The minimum absolute atomic E-state index is 0.0444. The maximum atomic E-state index is 11.1. The van der Waals surface area contributed by atoms with Crippen molar-refractivity contribution in [3.05, 3.63) is 63.7 Å². The highest BCUT2D eigenvalue weighted by Crippen LogP contribution is 2.26. The van der Waals surface area contributed by atoms with Crippen LogP contribution in [0.15, 0.2) is 47.6 Å². The SMILES string of the molecule is CC(=NOc1cc(NCC(O)CO)cc([N+](=O)[O-])c1)c1ccc(C)cc1. The summed E-state index contributed by atoms with van der Waals surface area (Å²) in [7, 11) is 0. The molecule has 0 fully saturated rings. The molecule has 2 aromatic carbocycles. The van der Waals surface area contributed by atoms with Crippen LogP contribution in [0.25, 0.3) is 0 Å². The standard InChI is InChI=1S/C18H21N3O5/c1-12-3-5-14(6-4-12)13(2)20-26-18-8-15(19-10-17(23)11-22)7-16(9-18)21(24)25/h3-9,17,19,22-23H,10-11H2,1-2H3. The molecule has 138 valence electrons. The summed E-state index contributed by atoms with van der Waals surface area (Å²) in [5.74, 6) is 0.187. The third-order valence-corrected chi connectivity index (χ3v) is 3.61. The highest BCUT2D eigenvalue weighted by atomic mass is 16.6. The van der Waals surface area contributed by atoms with Gasteiger partial charge in [0.05, 0.1) is 29.4 Å². The van der Waals surface area contributed by atoms with E-state index in [1.54, 1.807) is 6.92 Å². The maximum Gasteiger partial charge on any atom is 0.275 e. The molecule has 0 saturated carbocycles. The normalized spacial score (nSPS) is 12.5. The van der Waals surface area contributed by atoms with E-state index in [0.29, 0.717) is 11.4 Å². The van der Waals surface area contributed by atoms with Crippen molar-refractivity contribution in [3.8, 4) is 5.75 Å². The molecule has 0 aliphatic rings. The van der Waals surface area contributed by atoms with E-state index in [1.165, 1.54) is 18.2 Å². The summed E-state index contributed by atoms with van der Waals surface area (Å²) in [6.45, 7) is 3.39. The van der Waals surface area contributed by atoms with Crippen LogP contribution >= 0.6 is 0 Å². The zero-order chi connectivity index (χ0) is 19.1. The molecule has 8 heteroatoms. The Bertz CT molecular complexity index is 790. The molecule has 0 bridgehead atoms. The molecule has 0 radical (unpaired) electrons. The van der Waals surface area contributed by atoms with Crippen molar-refractivity contribution >= 4 is 17.1 Å². The van der Waals surface area contributed by atoms with E-state index in [9.17, 15) is 15.2 Å². The van der Waals surface area contributed by atoms with Crippen LogP contribution in [0.3, 0.4) is 0 Å². The predicted molar refractivity (Wildman–Crippen MR) is 98.7 cm³/mol. The van der Waals surface area contributed by atoms with Crippen molar-refractivity contribution < 1.29 is 20.0 Å². The van der Waals surface area contributed by atoms with Gasteiger partial charge in [0.15, 0.2) is 5.75 Å². The van der Waals surface area contributed by atoms with E-state index < -0.39 is 17.6 Å². The number of nitro benzene ring substituents is 1. The fraction of sp³-hybridized carbons (Fsp3) is 0.278. The number of nitrogens with one attached hydrogen (secondary N) is 1. The fourth-order valence-electron chi connectivity index (χ4n) is 2.11. The van der Waals surface area contributed by atoms with E-state index in [2.05, 4.69) is 10.5 Å². The number of non-ortho nitro benzene ring substituents is 1. The molecule has 26 heavy (non-hydrogen) atoms. The molecule has 0 saturated heterocycles. The van der Waals surface area contributed by atoms with Crippen LogP contribution in [-0.4, -0.2) is 40.1 Å². The number of oxime groups is 1. The third-order valence-electron chi connectivity index (χ3n) is 3.61. The Morgan fingerprint density at radius 2 is 2.00 bits per heavy atom. The number of anilines is 1. The third kappa shape index (κ3) is 5.54. The summed E-state index contributed by atoms with van der Waals surface area (Å²) in [5, 5.41) is 36.2. The van der Waals surface area contributed by atoms with Crippen LogP contribution in [0.2, 0.25) is 0 Å². The highest BCUT2D eigenvalue weighted by molar-refractivity contribution is 5.98. The molecule has 0 aromatic heterocycles. The highest BCUT2D eigenvalue weighted by Gasteiger charge is 2.12. The van der Waals surface area contributed by atoms with Crippen molar-refractivity contribution in [1.82, 2.24) is 0 Å². The number of rotatable bonds is 8. The first-order chi connectivity index (χ1) is 12.4. The molecule has 0 aliphatic heterocycles. The Kier molecular flexibility index (Phi) is 6.65. The van der Waals surface area contributed by atoms with Gasteiger partial charge in [0.1, 0.15) is 0 Å². The summed E-state index contributed by atoms with van der Waals surface area (Å²) in [4.78, 5) is 15.9. The summed E-state index contributed by atoms with van der Waals surface area (Å²) >= 11 is 0. The second-order valence-corrected chi connectivity index (χ2v) is 5.82. The first kappa shape index (κ1) is 19.4. The van der Waals surface area contributed by atoms with Gasteiger partial charge >= 0.3 is 0 Å². The van der Waals surface area contributed by atoms with E-state index in [1.807, 2.05) is 31.2 Å². The number of nitrogens with zero attached hydrogens (tertiary/aromatic N) is 2. The molecule has 1 unspecified atom stereocenters. The molecular formula is C18H21N3O5. The topological polar surface area (TPSA) is 117 Å². The Morgan fingerprint density at radius 1 is 1.31 bits per heavy atom. The molecule has 0 aliphatic carbocycles. The van der Waals surface area contributed by atoms with E-state index in [0.717, 1.165) is 11.1 Å². The van der Waals surface area contributed by atoms with Gasteiger partial charge in [-0.1, -0.05) is 35.0 Å². The van der Waals surface area contributed by atoms with Gasteiger partial charge in [-0.15, -0.1) is 0 Å². The first-order valence-electron chi connectivity index (χ1n) is 8.00. The molecule has 0 spiro atoms. The predicted octanol–water partition coefficient (Wildman–Crippen LogP) is 2.47. The van der Waals surface area contributed by atoms with Crippen molar-refractivity contribution in [2.45, 2.75) is 20.0 Å². The first-order valence-corrected chi connectivity index (χ1v) is 8.00. The van der Waals surface area contributed by atoms with Gasteiger partial charge in [-0.2, -0.15) is 0 Å². The van der Waals surface area contributed by atoms with Crippen LogP contribution in [0, 0.1) is 17.0 Å². The van der Waals surface area contributed by atoms with E-state index >= 15 is 0 Å². The Labute approximate surface area is 150 Å². The zero-order valence-electron chi connectivity index (χ0n) is 14.5. The quantitative estimate of drug-likeness (QED) is 0.379. The second-order valence-electron chi connectivity index (χ2n) is 5.82. The van der Waals surface area contributed by atoms with Crippen LogP contribution in [-0.2, 0) is 0 Å². The van der Waals surface area contributed by atoms with Gasteiger partial charge in [0.2, 0.25) is 0 Å². The second kappa shape index (κ2) is 8.93. The van der Waals surface area contributed by atoms with Crippen LogP contribution < -0.4 is 10.2 Å². The minimum atomic E-state index is -0.972. The molecule has 2 aromatic rings. The Balaban J connectivity index is 2.18. The fourth-order valence-corrected chi connectivity index (χ4v) is 2.11. The molecule has 0 heterocycles. The lowest BCUT2D eigenvalue weighted by Crippen LogP contribution is -2.22. The van der Waals surface area contributed by atoms with Gasteiger partial charge in [-0.05, 0) is 19.4 Å². The largest absolute Gasteiger partial charge is 0.394 e. The number of aliphatic hydroxyl groups excluding tert-OH is 2.